The topological polar surface area (TPSA) is 25.8 Å². The van der Waals surface area contributed by atoms with E-state index in [9.17, 15) is 0 Å². The summed E-state index contributed by atoms with van der Waals surface area (Å²) in [6.45, 7) is 4.57. The van der Waals surface area contributed by atoms with Gasteiger partial charge in [-0.15, -0.1) is 22.7 Å². The predicted octanol–water partition coefficient (Wildman–Crippen LogP) is 14.0. The fourth-order valence-electron chi connectivity index (χ4n) is 5.58. The lowest BCUT2D eigenvalue weighted by atomic mass is 10.0. The fourth-order valence-corrected chi connectivity index (χ4v) is 9.75. The maximum absolute atomic E-state index is 4.78. The van der Waals surface area contributed by atoms with Crippen LogP contribution < -0.4 is 0 Å². The second-order valence-corrected chi connectivity index (χ2v) is 16.7. The van der Waals surface area contributed by atoms with Crippen LogP contribution in [0.4, 0.5) is 0 Å². The van der Waals surface area contributed by atoms with Crippen LogP contribution >= 0.6 is 66.3 Å². The van der Waals surface area contributed by atoms with E-state index in [0.29, 0.717) is 0 Å². The van der Waals surface area contributed by atoms with Crippen molar-refractivity contribution in [2.24, 2.45) is 0 Å². The Morgan fingerprint density at radius 2 is 0.902 bits per heavy atom. The maximum atomic E-state index is 4.78. The summed E-state index contributed by atoms with van der Waals surface area (Å²) in [5.41, 5.74) is 7.36. The first-order valence-electron chi connectivity index (χ1n) is 15.9. The molecule has 3 heterocycles. The molecule has 4 aromatic rings. The highest BCUT2D eigenvalue weighted by Crippen LogP contribution is 2.43. The average Bonchev–Trinajstić information content (AvgIpc) is 3.70. The summed E-state index contributed by atoms with van der Waals surface area (Å²) in [6.07, 6.45) is 24.0. The van der Waals surface area contributed by atoms with Gasteiger partial charge in [0.05, 0.1) is 19.3 Å². The number of benzene rings is 1. The molecular formula is C34H46Br2N2S3. The van der Waals surface area contributed by atoms with Crippen LogP contribution in [0.15, 0.2) is 31.8 Å². The summed E-state index contributed by atoms with van der Waals surface area (Å²) >= 11 is 12.7. The van der Waals surface area contributed by atoms with Gasteiger partial charge in [-0.25, -0.2) is 0 Å². The van der Waals surface area contributed by atoms with Crippen LogP contribution in [0.5, 0.6) is 0 Å². The Balaban J connectivity index is 1.35. The van der Waals surface area contributed by atoms with Crippen molar-refractivity contribution in [2.75, 3.05) is 0 Å². The highest BCUT2D eigenvalue weighted by molar-refractivity contribution is 9.11. The lowest BCUT2D eigenvalue weighted by Crippen LogP contribution is -1.86. The molecule has 224 valence electrons. The summed E-state index contributed by atoms with van der Waals surface area (Å²) < 4.78 is 12.1. The standard InChI is InChI=1S/C34H46Br2N2S3/c1-3-5-7-9-11-13-15-17-19-25-23-29(39-33(25)35)27-21-22-28(32-31(27)37-41-38-32)30-24-26(34(36)40-30)20-18-16-14-12-10-8-6-4-2/h21-24H,3-20H2,1-2H3. The van der Waals surface area contributed by atoms with E-state index < -0.39 is 0 Å². The van der Waals surface area contributed by atoms with Crippen LogP contribution in [0.1, 0.15) is 128 Å². The SMILES string of the molecule is CCCCCCCCCCc1cc(-c2ccc(-c3cc(CCCCCCCCCC)c(Br)s3)c3nsnc23)sc1Br. The molecule has 0 aliphatic carbocycles. The van der Waals surface area contributed by atoms with Crippen molar-refractivity contribution < 1.29 is 0 Å². The zero-order chi connectivity index (χ0) is 28.9. The van der Waals surface area contributed by atoms with Gasteiger partial charge in [0.25, 0.3) is 0 Å². The van der Waals surface area contributed by atoms with Gasteiger partial charge in [-0.1, -0.05) is 116 Å². The summed E-state index contributed by atoms with van der Waals surface area (Å²) in [7, 11) is 0. The van der Waals surface area contributed by atoms with Gasteiger partial charge in [-0.2, -0.15) is 8.75 Å². The number of rotatable bonds is 20. The van der Waals surface area contributed by atoms with Gasteiger partial charge in [0, 0.05) is 20.9 Å². The molecule has 0 saturated carbocycles. The smallest absolute Gasteiger partial charge is 0.114 e. The molecule has 41 heavy (non-hydrogen) atoms. The first-order chi connectivity index (χ1) is 20.1. The Hall–Kier alpha value is -0.600. The van der Waals surface area contributed by atoms with E-state index in [-0.39, 0.29) is 0 Å². The van der Waals surface area contributed by atoms with Gasteiger partial charge in [-0.05, 0) is 80.8 Å². The zero-order valence-corrected chi connectivity index (χ0v) is 30.5. The van der Waals surface area contributed by atoms with Crippen molar-refractivity contribution in [1.82, 2.24) is 8.75 Å². The lowest BCUT2D eigenvalue weighted by molar-refractivity contribution is 0.575. The monoisotopic (exact) mass is 736 g/mol. The molecule has 4 rings (SSSR count). The minimum Gasteiger partial charge on any atom is -0.172 e. The van der Waals surface area contributed by atoms with Crippen LogP contribution in [0.3, 0.4) is 0 Å². The van der Waals surface area contributed by atoms with Gasteiger partial charge >= 0.3 is 0 Å². The zero-order valence-electron chi connectivity index (χ0n) is 24.9. The molecule has 0 amide bonds. The number of fused-ring (bicyclic) bond motifs is 1. The number of halogens is 2. The van der Waals surface area contributed by atoms with Gasteiger partial charge in [-0.3, -0.25) is 0 Å². The van der Waals surface area contributed by atoms with Gasteiger partial charge in [0.15, 0.2) is 0 Å². The van der Waals surface area contributed by atoms with Crippen LogP contribution in [-0.4, -0.2) is 8.75 Å². The second kappa shape index (κ2) is 18.3. The number of unbranched alkanes of at least 4 members (excludes halogenated alkanes) is 14. The van der Waals surface area contributed by atoms with E-state index >= 15 is 0 Å². The molecular weight excluding hydrogens is 692 g/mol. The molecule has 0 N–H and O–H groups in total. The number of thiophene rings is 2. The number of hydrogen-bond donors (Lipinski definition) is 0. The molecule has 0 radical (unpaired) electrons. The molecule has 0 unspecified atom stereocenters. The number of aromatic nitrogens is 2. The second-order valence-electron chi connectivity index (χ2n) is 11.4. The Morgan fingerprint density at radius 1 is 0.537 bits per heavy atom. The quantitative estimate of drug-likeness (QED) is 0.0844. The van der Waals surface area contributed by atoms with Crippen LogP contribution in [-0.2, 0) is 12.8 Å². The molecule has 3 aromatic heterocycles. The third kappa shape index (κ3) is 9.96. The summed E-state index contributed by atoms with van der Waals surface area (Å²) in [5.74, 6) is 0. The Kier molecular flexibility index (Phi) is 14.8. The molecule has 0 spiro atoms. The van der Waals surface area contributed by atoms with E-state index in [1.807, 2.05) is 22.7 Å². The van der Waals surface area contributed by atoms with Crippen molar-refractivity contribution in [2.45, 2.75) is 129 Å². The van der Waals surface area contributed by atoms with E-state index in [2.05, 4.69) is 70.0 Å². The van der Waals surface area contributed by atoms with Crippen LogP contribution in [0.25, 0.3) is 31.9 Å². The van der Waals surface area contributed by atoms with Gasteiger partial charge in [0.1, 0.15) is 11.0 Å². The van der Waals surface area contributed by atoms with Crippen molar-refractivity contribution in [1.29, 1.82) is 0 Å². The molecule has 1 aromatic carbocycles. The van der Waals surface area contributed by atoms with E-state index in [1.54, 1.807) is 0 Å². The van der Waals surface area contributed by atoms with Crippen molar-refractivity contribution in [3.05, 3.63) is 43.0 Å². The summed E-state index contributed by atoms with van der Waals surface area (Å²) in [4.78, 5) is 2.58. The lowest BCUT2D eigenvalue weighted by Gasteiger charge is -2.04. The van der Waals surface area contributed by atoms with E-state index in [0.717, 1.165) is 23.9 Å². The number of nitrogens with zero attached hydrogens (tertiary/aromatic N) is 2. The highest BCUT2D eigenvalue weighted by atomic mass is 79.9. The fraction of sp³-hybridized carbons (Fsp3) is 0.588. The van der Waals surface area contributed by atoms with Crippen LogP contribution in [0, 0.1) is 0 Å². The molecule has 0 bridgehead atoms. The molecule has 0 fully saturated rings. The summed E-state index contributed by atoms with van der Waals surface area (Å²) in [6, 6.07) is 9.30. The largest absolute Gasteiger partial charge is 0.172 e. The first-order valence-corrected chi connectivity index (χ1v) is 19.9. The van der Waals surface area contributed by atoms with Crippen molar-refractivity contribution in [3.63, 3.8) is 0 Å². The predicted molar refractivity (Wildman–Crippen MR) is 192 cm³/mol. The Labute approximate surface area is 277 Å². The molecule has 0 aliphatic rings. The third-order valence-corrected chi connectivity index (χ3v) is 12.6. The highest BCUT2D eigenvalue weighted by Gasteiger charge is 2.18. The number of hydrogen-bond acceptors (Lipinski definition) is 5. The molecule has 2 nitrogen and oxygen atoms in total. The Morgan fingerprint density at radius 3 is 1.29 bits per heavy atom. The van der Waals surface area contributed by atoms with Crippen molar-refractivity contribution >= 4 is 77.3 Å². The minimum absolute atomic E-state index is 1.04. The molecule has 0 atom stereocenters. The Bertz CT molecular complexity index is 1220. The molecule has 7 heteroatoms. The van der Waals surface area contributed by atoms with Gasteiger partial charge < -0.3 is 0 Å². The third-order valence-electron chi connectivity index (χ3n) is 8.06. The molecule has 0 saturated heterocycles. The summed E-state index contributed by atoms with van der Waals surface area (Å²) in [5, 5.41) is 0. The average molecular weight is 739 g/mol. The van der Waals surface area contributed by atoms with Gasteiger partial charge in [0.2, 0.25) is 0 Å². The van der Waals surface area contributed by atoms with Crippen molar-refractivity contribution in [3.8, 4) is 20.9 Å². The first kappa shape index (κ1) is 33.3. The van der Waals surface area contributed by atoms with Crippen LogP contribution in [0.2, 0.25) is 0 Å². The van der Waals surface area contributed by atoms with E-state index in [4.69, 9.17) is 8.75 Å². The maximum Gasteiger partial charge on any atom is 0.114 e. The number of aryl methyl sites for hydroxylation is 2. The van der Waals surface area contributed by atoms with E-state index in [1.165, 1.54) is 154 Å². The normalized spacial score (nSPS) is 11.7. The molecule has 0 aliphatic heterocycles. The minimum atomic E-state index is 1.04.